The molecule has 0 aliphatic heterocycles. The topological polar surface area (TPSA) is 67.6 Å². The number of halogens is 1. The average molecular weight is 432 g/mol. The van der Waals surface area contributed by atoms with Crippen molar-refractivity contribution in [2.45, 2.75) is 12.8 Å². The average Bonchev–Trinajstić information content (AvgIpc) is 3.47. The monoisotopic (exact) mass is 432 g/mol. The molecular formula is C27H17FN4O. The van der Waals surface area contributed by atoms with Crippen LogP contribution in [0, 0.1) is 17.1 Å². The first-order valence-corrected chi connectivity index (χ1v) is 10.6. The van der Waals surface area contributed by atoms with Gasteiger partial charge >= 0.3 is 0 Å². The number of nitriles is 1. The minimum atomic E-state index is -0.388. The number of fused-ring (bicyclic) bond motifs is 4. The summed E-state index contributed by atoms with van der Waals surface area (Å²) in [6, 6.07) is 22.9. The maximum absolute atomic E-state index is 15.1. The predicted molar refractivity (Wildman–Crippen MR) is 125 cm³/mol. The van der Waals surface area contributed by atoms with Crippen LogP contribution in [-0.4, -0.2) is 14.5 Å². The number of nitrogens with zero attached hydrogens (tertiary/aromatic N) is 4. The van der Waals surface area contributed by atoms with Crippen LogP contribution in [0.4, 0.5) is 4.39 Å². The first-order valence-electron chi connectivity index (χ1n) is 10.6. The van der Waals surface area contributed by atoms with Crippen LogP contribution in [0.5, 0.6) is 0 Å². The molecule has 0 aliphatic rings. The standard InChI is InChI=1S/C27H17FN4O/c28-22-14-23-21(13-20(22)26-12-18-5-1-2-6-25(18)33-26)27-24(15-30-23)31-16-32(27)19-9-7-17(8-10-19)4-3-11-29/h1-2,5-10,12-16H,3-4H2. The number of benzene rings is 3. The van der Waals surface area contributed by atoms with Crippen molar-refractivity contribution in [2.75, 3.05) is 0 Å². The molecule has 0 amide bonds. The summed E-state index contributed by atoms with van der Waals surface area (Å²) < 4.78 is 23.0. The van der Waals surface area contributed by atoms with Gasteiger partial charge in [0.1, 0.15) is 29.0 Å². The minimum Gasteiger partial charge on any atom is -0.456 e. The van der Waals surface area contributed by atoms with Crippen LogP contribution >= 0.6 is 0 Å². The number of aromatic nitrogens is 3. The number of furan rings is 1. The largest absolute Gasteiger partial charge is 0.456 e. The van der Waals surface area contributed by atoms with E-state index in [9.17, 15) is 0 Å². The Hall–Kier alpha value is -4.50. The third-order valence-corrected chi connectivity index (χ3v) is 5.89. The third-order valence-electron chi connectivity index (χ3n) is 5.89. The molecule has 3 aromatic heterocycles. The van der Waals surface area contributed by atoms with Crippen molar-refractivity contribution in [3.63, 3.8) is 0 Å². The highest BCUT2D eigenvalue weighted by atomic mass is 19.1. The molecule has 33 heavy (non-hydrogen) atoms. The third kappa shape index (κ3) is 3.22. The lowest BCUT2D eigenvalue weighted by Gasteiger charge is -2.09. The van der Waals surface area contributed by atoms with E-state index in [0.29, 0.717) is 35.3 Å². The molecule has 0 radical (unpaired) electrons. The Morgan fingerprint density at radius 3 is 2.64 bits per heavy atom. The highest BCUT2D eigenvalue weighted by Gasteiger charge is 2.16. The highest BCUT2D eigenvalue weighted by molar-refractivity contribution is 6.04. The molecule has 3 aromatic carbocycles. The van der Waals surface area contributed by atoms with E-state index in [0.717, 1.165) is 33.1 Å². The first kappa shape index (κ1) is 19.2. The second-order valence-electron chi connectivity index (χ2n) is 7.93. The lowest BCUT2D eigenvalue weighted by molar-refractivity contribution is 0.602. The first-order chi connectivity index (χ1) is 16.2. The van der Waals surface area contributed by atoms with Crippen molar-refractivity contribution in [3.8, 4) is 23.1 Å². The van der Waals surface area contributed by atoms with Crippen LogP contribution in [0.3, 0.4) is 0 Å². The summed E-state index contributed by atoms with van der Waals surface area (Å²) in [6.07, 6.45) is 4.62. The molecule has 0 atom stereocenters. The van der Waals surface area contributed by atoms with E-state index in [4.69, 9.17) is 9.68 Å². The Balaban J connectivity index is 1.53. The molecule has 0 N–H and O–H groups in total. The van der Waals surface area contributed by atoms with E-state index in [-0.39, 0.29) is 5.82 Å². The summed E-state index contributed by atoms with van der Waals surface area (Å²) in [4.78, 5) is 8.94. The molecule has 6 heteroatoms. The van der Waals surface area contributed by atoms with Gasteiger partial charge in [-0.15, -0.1) is 0 Å². The highest BCUT2D eigenvalue weighted by Crippen LogP contribution is 2.34. The van der Waals surface area contributed by atoms with Crippen LogP contribution in [0.25, 0.3) is 49.9 Å². The maximum atomic E-state index is 15.1. The minimum absolute atomic E-state index is 0.382. The van der Waals surface area contributed by atoms with Gasteiger partial charge in [0, 0.05) is 28.9 Å². The van der Waals surface area contributed by atoms with Crippen molar-refractivity contribution in [3.05, 3.63) is 90.6 Å². The zero-order chi connectivity index (χ0) is 22.4. The van der Waals surface area contributed by atoms with Crippen molar-refractivity contribution >= 4 is 32.9 Å². The number of rotatable bonds is 4. The summed E-state index contributed by atoms with van der Waals surface area (Å²) >= 11 is 0. The lowest BCUT2D eigenvalue weighted by Crippen LogP contribution is -1.95. The van der Waals surface area contributed by atoms with Crippen LogP contribution in [0.2, 0.25) is 0 Å². The van der Waals surface area contributed by atoms with Gasteiger partial charge in [-0.3, -0.25) is 9.55 Å². The van der Waals surface area contributed by atoms with Crippen molar-refractivity contribution in [1.82, 2.24) is 14.5 Å². The summed E-state index contributed by atoms with van der Waals surface area (Å²) in [5.74, 6) is 0.0850. The van der Waals surface area contributed by atoms with E-state index in [2.05, 4.69) is 16.0 Å². The van der Waals surface area contributed by atoms with Crippen LogP contribution < -0.4 is 0 Å². The fraction of sp³-hybridized carbons (Fsp3) is 0.0741. The predicted octanol–water partition coefficient (Wildman–Crippen LogP) is 6.58. The molecule has 5 nitrogen and oxygen atoms in total. The molecule has 0 bridgehead atoms. The number of imidazole rings is 1. The van der Waals surface area contributed by atoms with Gasteiger partial charge in [-0.2, -0.15) is 5.26 Å². The van der Waals surface area contributed by atoms with Crippen molar-refractivity contribution < 1.29 is 8.81 Å². The fourth-order valence-corrected chi connectivity index (χ4v) is 4.24. The van der Waals surface area contributed by atoms with Gasteiger partial charge in [-0.1, -0.05) is 30.3 Å². The number of para-hydroxylation sites is 1. The number of aryl methyl sites for hydroxylation is 1. The van der Waals surface area contributed by atoms with Crippen molar-refractivity contribution in [2.24, 2.45) is 0 Å². The quantitative estimate of drug-likeness (QED) is 0.315. The lowest BCUT2D eigenvalue weighted by atomic mass is 10.1. The molecule has 0 fully saturated rings. The maximum Gasteiger partial charge on any atom is 0.138 e. The molecule has 6 aromatic rings. The number of hydrogen-bond acceptors (Lipinski definition) is 4. The van der Waals surface area contributed by atoms with Gasteiger partial charge in [-0.25, -0.2) is 9.37 Å². The van der Waals surface area contributed by atoms with Gasteiger partial charge in [0.15, 0.2) is 0 Å². The van der Waals surface area contributed by atoms with Gasteiger partial charge in [0.2, 0.25) is 0 Å². The normalized spacial score (nSPS) is 11.4. The number of pyridine rings is 1. The van der Waals surface area contributed by atoms with Gasteiger partial charge in [-0.05, 0) is 42.3 Å². The Bertz CT molecular complexity index is 1660. The Labute approximate surface area is 188 Å². The Morgan fingerprint density at radius 2 is 1.82 bits per heavy atom. The van der Waals surface area contributed by atoms with Gasteiger partial charge < -0.3 is 4.42 Å². The molecule has 0 spiro atoms. The SMILES string of the molecule is N#CCCc1ccc(-n2cnc3cnc4cc(F)c(-c5cc6ccccc6o5)cc4c32)cc1. The molecule has 0 saturated carbocycles. The van der Waals surface area contributed by atoms with Crippen LogP contribution in [0.15, 0.2) is 83.7 Å². The Morgan fingerprint density at radius 1 is 0.970 bits per heavy atom. The molecule has 0 unspecified atom stereocenters. The zero-order valence-electron chi connectivity index (χ0n) is 17.5. The Kier molecular flexibility index (Phi) is 4.41. The van der Waals surface area contributed by atoms with E-state index >= 15 is 4.39 Å². The molecule has 6 rings (SSSR count). The fourth-order valence-electron chi connectivity index (χ4n) is 4.24. The summed E-state index contributed by atoms with van der Waals surface area (Å²) in [5, 5.41) is 10.5. The van der Waals surface area contributed by atoms with Crippen LogP contribution in [-0.2, 0) is 6.42 Å². The van der Waals surface area contributed by atoms with E-state index in [1.807, 2.05) is 59.2 Å². The van der Waals surface area contributed by atoms with E-state index in [1.54, 1.807) is 18.6 Å². The van der Waals surface area contributed by atoms with E-state index in [1.165, 1.54) is 6.07 Å². The number of hydrogen-bond donors (Lipinski definition) is 0. The molecular weight excluding hydrogens is 415 g/mol. The smallest absolute Gasteiger partial charge is 0.138 e. The molecule has 0 aliphatic carbocycles. The van der Waals surface area contributed by atoms with Gasteiger partial charge in [0.05, 0.1) is 28.9 Å². The summed E-state index contributed by atoms with van der Waals surface area (Å²) in [5.41, 5.74) is 5.25. The van der Waals surface area contributed by atoms with Crippen LogP contribution in [0.1, 0.15) is 12.0 Å². The molecule has 3 heterocycles. The zero-order valence-corrected chi connectivity index (χ0v) is 17.5. The summed E-state index contributed by atoms with van der Waals surface area (Å²) in [6.45, 7) is 0. The second kappa shape index (κ2) is 7.57. The molecule has 158 valence electrons. The second-order valence-corrected chi connectivity index (χ2v) is 7.93. The van der Waals surface area contributed by atoms with Gasteiger partial charge in [0.25, 0.3) is 0 Å². The van der Waals surface area contributed by atoms with E-state index < -0.39 is 0 Å². The molecule has 0 saturated heterocycles. The summed E-state index contributed by atoms with van der Waals surface area (Å²) in [7, 11) is 0. The van der Waals surface area contributed by atoms with Crippen molar-refractivity contribution in [1.29, 1.82) is 5.26 Å².